The molecular weight excluding hydrogens is 224 g/mol. The Morgan fingerprint density at radius 1 is 1.28 bits per heavy atom. The average Bonchev–Trinajstić information content (AvgIpc) is 2.85. The van der Waals surface area contributed by atoms with Gasteiger partial charge in [-0.1, -0.05) is 19.8 Å². The molecule has 2 N–H and O–H groups in total. The first-order valence-corrected chi connectivity index (χ1v) is 7.52. The Morgan fingerprint density at radius 3 is 2.61 bits per heavy atom. The Bertz CT molecular complexity index is 302. The molecule has 2 saturated carbocycles. The van der Waals surface area contributed by atoms with E-state index in [0.717, 1.165) is 50.9 Å². The Kier molecular flexibility index (Phi) is 4.64. The summed E-state index contributed by atoms with van der Waals surface area (Å²) in [5.41, 5.74) is -0.520. The van der Waals surface area contributed by atoms with Gasteiger partial charge in [0, 0.05) is 12.6 Å². The molecule has 0 aromatic rings. The number of nitriles is 1. The van der Waals surface area contributed by atoms with Gasteiger partial charge in [-0.05, 0) is 44.4 Å². The van der Waals surface area contributed by atoms with Gasteiger partial charge in [-0.2, -0.15) is 5.26 Å². The van der Waals surface area contributed by atoms with E-state index in [1.165, 1.54) is 6.42 Å². The van der Waals surface area contributed by atoms with Crippen molar-refractivity contribution in [3.05, 3.63) is 0 Å². The van der Waals surface area contributed by atoms with Crippen molar-refractivity contribution in [1.82, 2.24) is 5.32 Å². The smallest absolute Gasteiger partial charge is 0.0771 e. The summed E-state index contributed by atoms with van der Waals surface area (Å²) < 4.78 is 0. The van der Waals surface area contributed by atoms with Crippen LogP contribution in [0.4, 0.5) is 0 Å². The summed E-state index contributed by atoms with van der Waals surface area (Å²) in [6, 6.07) is 2.69. The number of nitrogens with zero attached hydrogens (tertiary/aromatic N) is 1. The van der Waals surface area contributed by atoms with Crippen LogP contribution in [0.15, 0.2) is 0 Å². The minimum absolute atomic E-state index is 0.153. The molecule has 3 heteroatoms. The summed E-state index contributed by atoms with van der Waals surface area (Å²) in [4.78, 5) is 0. The number of hydrogen-bond donors (Lipinski definition) is 2. The van der Waals surface area contributed by atoms with Crippen LogP contribution in [0.3, 0.4) is 0 Å². The molecular formula is C15H26N2O. The highest BCUT2D eigenvalue weighted by Gasteiger charge is 2.34. The van der Waals surface area contributed by atoms with Crippen molar-refractivity contribution in [2.24, 2.45) is 11.8 Å². The van der Waals surface area contributed by atoms with Crippen molar-refractivity contribution in [1.29, 1.82) is 5.26 Å². The van der Waals surface area contributed by atoms with Crippen LogP contribution in [-0.4, -0.2) is 23.3 Å². The molecule has 0 aromatic heterocycles. The molecule has 3 nitrogen and oxygen atoms in total. The van der Waals surface area contributed by atoms with E-state index in [1.54, 1.807) is 0 Å². The van der Waals surface area contributed by atoms with Crippen molar-refractivity contribution < 1.29 is 5.11 Å². The van der Waals surface area contributed by atoms with E-state index in [-0.39, 0.29) is 5.92 Å². The molecule has 2 unspecified atom stereocenters. The minimum atomic E-state index is -0.520. The predicted octanol–water partition coefficient (Wildman–Crippen LogP) is 2.60. The van der Waals surface area contributed by atoms with E-state index in [0.29, 0.717) is 12.6 Å². The molecule has 18 heavy (non-hydrogen) atoms. The maximum Gasteiger partial charge on any atom is 0.0771 e. The summed E-state index contributed by atoms with van der Waals surface area (Å²) in [6.07, 6.45) is 8.64. The highest BCUT2D eigenvalue weighted by molar-refractivity contribution is 4.98. The fourth-order valence-corrected chi connectivity index (χ4v) is 3.48. The third kappa shape index (κ3) is 3.24. The second kappa shape index (κ2) is 6.04. The first-order valence-electron chi connectivity index (χ1n) is 7.52. The molecule has 0 aliphatic heterocycles. The standard InChI is InChI=1S/C15H26N2O/c1-2-12-6-8-15(18,9-7-12)11-17-14-5-3-4-13(14)10-16/h12-14,17-18H,2-9,11H2,1H3. The van der Waals surface area contributed by atoms with Crippen LogP contribution in [0.5, 0.6) is 0 Å². The van der Waals surface area contributed by atoms with Gasteiger partial charge >= 0.3 is 0 Å². The highest BCUT2D eigenvalue weighted by Crippen LogP contribution is 2.34. The molecule has 2 atom stereocenters. The molecule has 2 aliphatic carbocycles. The molecule has 2 aliphatic rings. The van der Waals surface area contributed by atoms with E-state index in [1.807, 2.05) is 0 Å². The van der Waals surface area contributed by atoms with E-state index in [9.17, 15) is 5.11 Å². The molecule has 2 fully saturated rings. The topological polar surface area (TPSA) is 56.0 Å². The summed E-state index contributed by atoms with van der Waals surface area (Å²) in [7, 11) is 0. The summed E-state index contributed by atoms with van der Waals surface area (Å²) >= 11 is 0. The Labute approximate surface area is 111 Å². The van der Waals surface area contributed by atoms with E-state index in [2.05, 4.69) is 18.3 Å². The second-order valence-corrected chi connectivity index (χ2v) is 6.23. The van der Waals surface area contributed by atoms with Crippen LogP contribution >= 0.6 is 0 Å². The van der Waals surface area contributed by atoms with Crippen molar-refractivity contribution >= 4 is 0 Å². The summed E-state index contributed by atoms with van der Waals surface area (Å²) in [6.45, 7) is 2.91. The van der Waals surface area contributed by atoms with Crippen molar-refractivity contribution in [3.8, 4) is 6.07 Å². The Morgan fingerprint density at radius 2 is 2.00 bits per heavy atom. The SMILES string of the molecule is CCC1CCC(O)(CNC2CCCC2C#N)CC1. The van der Waals surface area contributed by atoms with Crippen LogP contribution in [-0.2, 0) is 0 Å². The maximum absolute atomic E-state index is 10.6. The lowest BCUT2D eigenvalue weighted by atomic mass is 9.77. The highest BCUT2D eigenvalue weighted by atomic mass is 16.3. The van der Waals surface area contributed by atoms with Gasteiger partial charge in [0.15, 0.2) is 0 Å². The quantitative estimate of drug-likeness (QED) is 0.806. The van der Waals surface area contributed by atoms with Crippen LogP contribution in [0.25, 0.3) is 0 Å². The number of hydrogen-bond acceptors (Lipinski definition) is 3. The third-order valence-electron chi connectivity index (χ3n) is 4.99. The van der Waals surface area contributed by atoms with Crippen LogP contribution in [0.1, 0.15) is 58.3 Å². The molecule has 0 spiro atoms. The lowest BCUT2D eigenvalue weighted by Crippen LogP contribution is -2.47. The first-order chi connectivity index (χ1) is 8.67. The van der Waals surface area contributed by atoms with Gasteiger partial charge in [-0.25, -0.2) is 0 Å². The fraction of sp³-hybridized carbons (Fsp3) is 0.933. The first kappa shape index (κ1) is 13.8. The van der Waals surface area contributed by atoms with Gasteiger partial charge in [0.1, 0.15) is 0 Å². The summed E-state index contributed by atoms with van der Waals surface area (Å²) in [5, 5.41) is 23.1. The molecule has 2 rings (SSSR count). The Balaban J connectivity index is 1.78. The number of nitrogens with one attached hydrogen (secondary N) is 1. The minimum Gasteiger partial charge on any atom is -0.389 e. The molecule has 0 aromatic carbocycles. The third-order valence-corrected chi connectivity index (χ3v) is 4.99. The van der Waals surface area contributed by atoms with Crippen molar-refractivity contribution in [2.75, 3.05) is 6.54 Å². The van der Waals surface area contributed by atoms with E-state index < -0.39 is 5.60 Å². The molecule has 0 heterocycles. The van der Waals surface area contributed by atoms with Crippen LogP contribution in [0, 0.1) is 23.2 Å². The van der Waals surface area contributed by atoms with Crippen molar-refractivity contribution in [2.45, 2.75) is 69.9 Å². The molecule has 0 bridgehead atoms. The van der Waals surface area contributed by atoms with E-state index in [4.69, 9.17) is 5.26 Å². The zero-order valence-corrected chi connectivity index (χ0v) is 11.5. The van der Waals surface area contributed by atoms with Gasteiger partial charge in [-0.15, -0.1) is 0 Å². The molecule has 0 radical (unpaired) electrons. The summed E-state index contributed by atoms with van der Waals surface area (Å²) in [5.74, 6) is 0.962. The van der Waals surface area contributed by atoms with Crippen molar-refractivity contribution in [3.63, 3.8) is 0 Å². The normalized spacial score (nSPS) is 40.6. The lowest BCUT2D eigenvalue weighted by Gasteiger charge is -2.37. The maximum atomic E-state index is 10.6. The number of rotatable bonds is 4. The van der Waals surface area contributed by atoms with Gasteiger partial charge in [-0.3, -0.25) is 0 Å². The van der Waals surface area contributed by atoms with Gasteiger partial charge in [0.05, 0.1) is 17.6 Å². The van der Waals surface area contributed by atoms with Crippen LogP contribution in [0.2, 0.25) is 0 Å². The Hall–Kier alpha value is -0.590. The zero-order valence-electron chi connectivity index (χ0n) is 11.5. The van der Waals surface area contributed by atoms with Crippen LogP contribution < -0.4 is 5.32 Å². The van der Waals surface area contributed by atoms with E-state index >= 15 is 0 Å². The fourth-order valence-electron chi connectivity index (χ4n) is 3.48. The second-order valence-electron chi connectivity index (χ2n) is 6.23. The molecule has 0 saturated heterocycles. The lowest BCUT2D eigenvalue weighted by molar-refractivity contribution is -0.0110. The largest absolute Gasteiger partial charge is 0.389 e. The predicted molar refractivity (Wildman–Crippen MR) is 71.9 cm³/mol. The molecule has 0 amide bonds. The monoisotopic (exact) mass is 250 g/mol. The number of aliphatic hydroxyl groups is 1. The van der Waals surface area contributed by atoms with Gasteiger partial charge in [0.25, 0.3) is 0 Å². The molecule has 102 valence electrons. The zero-order chi connectivity index (χ0) is 13.0. The average molecular weight is 250 g/mol. The van der Waals surface area contributed by atoms with Gasteiger partial charge < -0.3 is 10.4 Å². The van der Waals surface area contributed by atoms with Gasteiger partial charge in [0.2, 0.25) is 0 Å².